The fourth-order valence-electron chi connectivity index (χ4n) is 5.47. The van der Waals surface area contributed by atoms with Gasteiger partial charge >= 0.3 is 0 Å². The molecule has 0 spiro atoms. The maximum absolute atomic E-state index is 15.1. The van der Waals surface area contributed by atoms with Crippen LogP contribution >= 0.6 is 0 Å². The van der Waals surface area contributed by atoms with E-state index in [9.17, 15) is 4.79 Å². The van der Waals surface area contributed by atoms with Crippen LogP contribution in [0.25, 0.3) is 16.7 Å². The van der Waals surface area contributed by atoms with Crippen LogP contribution in [0.4, 0.5) is 21.7 Å². The largest absolute Gasteiger partial charge is 0.378 e. The molecule has 9 nitrogen and oxygen atoms in total. The second-order valence-electron chi connectivity index (χ2n) is 10.3. The number of morpholine rings is 1. The molecular weight excluding hydrogens is 509 g/mol. The summed E-state index contributed by atoms with van der Waals surface area (Å²) in [4.78, 5) is 28.6. The van der Waals surface area contributed by atoms with E-state index in [1.165, 1.54) is 17.3 Å². The summed E-state index contributed by atoms with van der Waals surface area (Å²) in [5, 5.41) is 4.16. The third-order valence-corrected chi connectivity index (χ3v) is 7.80. The summed E-state index contributed by atoms with van der Waals surface area (Å²) in [6.07, 6.45) is 3.58. The first kappa shape index (κ1) is 26.2. The summed E-state index contributed by atoms with van der Waals surface area (Å²) in [5.41, 5.74) is 4.64. The van der Waals surface area contributed by atoms with Crippen molar-refractivity contribution in [2.24, 2.45) is 0 Å². The Morgan fingerprint density at radius 1 is 1.02 bits per heavy atom. The van der Waals surface area contributed by atoms with Crippen molar-refractivity contribution in [1.82, 2.24) is 24.3 Å². The van der Waals surface area contributed by atoms with E-state index in [1.54, 1.807) is 27.8 Å². The maximum Gasteiger partial charge on any atom is 0.256 e. The molecule has 0 unspecified atom stereocenters. The Hall–Kier alpha value is -4.02. The Morgan fingerprint density at radius 3 is 2.55 bits per heavy atom. The third kappa shape index (κ3) is 5.24. The maximum atomic E-state index is 15.1. The van der Waals surface area contributed by atoms with Crippen molar-refractivity contribution in [3.63, 3.8) is 0 Å². The molecule has 4 aromatic rings. The van der Waals surface area contributed by atoms with Crippen molar-refractivity contribution >= 4 is 34.3 Å². The normalized spacial score (nSPS) is 16.5. The first-order chi connectivity index (χ1) is 19.5. The number of hydrogen-bond donors (Lipinski definition) is 1. The number of carbonyl (C=O) groups is 1. The highest BCUT2D eigenvalue weighted by molar-refractivity contribution is 5.95. The van der Waals surface area contributed by atoms with E-state index in [2.05, 4.69) is 52.1 Å². The molecule has 0 atom stereocenters. The predicted molar refractivity (Wildman–Crippen MR) is 154 cm³/mol. The number of likely N-dealkylation sites (N-methyl/N-ethyl adjacent to an activating group) is 1. The molecule has 40 heavy (non-hydrogen) atoms. The summed E-state index contributed by atoms with van der Waals surface area (Å²) in [6.45, 7) is 11.5. The van der Waals surface area contributed by atoms with E-state index in [0.717, 1.165) is 43.8 Å². The Balaban J connectivity index is 1.21. The predicted octanol–water partition coefficient (Wildman–Crippen LogP) is 4.23. The summed E-state index contributed by atoms with van der Waals surface area (Å²) < 4.78 is 22.2. The number of amides is 1. The smallest absolute Gasteiger partial charge is 0.256 e. The van der Waals surface area contributed by atoms with Gasteiger partial charge in [-0.05, 0) is 61.5 Å². The standard InChI is InChI=1S/C30H34FN7O2/c1-3-35-10-12-36(13-11-35)27-7-4-23(18-21(27)2)33-30-32-20-22-8-9-38(28(22)34-30)24-5-6-25(26(31)19-24)29(39)37-14-16-40-17-15-37/h4-9,18-20H,3,10-17H2,1-2H3,(H,32,33,34). The summed E-state index contributed by atoms with van der Waals surface area (Å²) in [6, 6.07) is 12.9. The number of hydrogen-bond acceptors (Lipinski definition) is 7. The second kappa shape index (κ2) is 11.2. The fraction of sp³-hybridized carbons (Fsp3) is 0.367. The Morgan fingerprint density at radius 2 is 1.82 bits per heavy atom. The number of rotatable bonds is 6. The molecule has 4 heterocycles. The van der Waals surface area contributed by atoms with Crippen LogP contribution in [0.2, 0.25) is 0 Å². The minimum Gasteiger partial charge on any atom is -0.378 e. The number of benzene rings is 2. The van der Waals surface area contributed by atoms with Crippen LogP contribution in [-0.4, -0.2) is 89.3 Å². The number of nitrogens with one attached hydrogen (secondary N) is 1. The van der Waals surface area contributed by atoms with Crippen molar-refractivity contribution in [2.45, 2.75) is 13.8 Å². The van der Waals surface area contributed by atoms with Crippen LogP contribution in [0.15, 0.2) is 54.9 Å². The second-order valence-corrected chi connectivity index (χ2v) is 10.3. The molecule has 208 valence electrons. The summed E-state index contributed by atoms with van der Waals surface area (Å²) >= 11 is 0. The van der Waals surface area contributed by atoms with Gasteiger partial charge in [-0.3, -0.25) is 4.79 Å². The number of carbonyl (C=O) groups excluding carboxylic acids is 1. The van der Waals surface area contributed by atoms with E-state index >= 15 is 4.39 Å². The lowest BCUT2D eigenvalue weighted by Crippen LogP contribution is -2.46. The van der Waals surface area contributed by atoms with Crippen LogP contribution in [0, 0.1) is 12.7 Å². The van der Waals surface area contributed by atoms with E-state index in [0.29, 0.717) is 43.6 Å². The number of anilines is 3. The lowest BCUT2D eigenvalue weighted by Gasteiger charge is -2.36. The van der Waals surface area contributed by atoms with Gasteiger partial charge in [0.2, 0.25) is 5.95 Å². The number of fused-ring (bicyclic) bond motifs is 1. The molecular formula is C30H34FN7O2. The zero-order valence-corrected chi connectivity index (χ0v) is 22.9. The highest BCUT2D eigenvalue weighted by Crippen LogP contribution is 2.27. The molecule has 2 saturated heterocycles. The van der Waals surface area contributed by atoms with Gasteiger partial charge in [0.1, 0.15) is 11.5 Å². The summed E-state index contributed by atoms with van der Waals surface area (Å²) in [7, 11) is 0. The molecule has 0 radical (unpaired) electrons. The van der Waals surface area contributed by atoms with E-state index in [-0.39, 0.29) is 11.5 Å². The molecule has 2 aliphatic rings. The molecule has 1 N–H and O–H groups in total. The average molecular weight is 544 g/mol. The zero-order valence-electron chi connectivity index (χ0n) is 22.9. The van der Waals surface area contributed by atoms with E-state index in [4.69, 9.17) is 9.72 Å². The molecule has 0 bridgehead atoms. The van der Waals surface area contributed by atoms with Gasteiger partial charge in [0.15, 0.2) is 0 Å². The highest BCUT2D eigenvalue weighted by Gasteiger charge is 2.22. The van der Waals surface area contributed by atoms with Crippen LogP contribution in [0.1, 0.15) is 22.8 Å². The van der Waals surface area contributed by atoms with E-state index < -0.39 is 5.82 Å². The molecule has 2 aromatic heterocycles. The minimum absolute atomic E-state index is 0.0603. The Bertz CT molecular complexity index is 1520. The number of aryl methyl sites for hydroxylation is 1. The van der Waals surface area contributed by atoms with Gasteiger partial charge in [-0.1, -0.05) is 6.92 Å². The van der Waals surface area contributed by atoms with Crippen LogP contribution < -0.4 is 10.2 Å². The first-order valence-electron chi connectivity index (χ1n) is 13.9. The van der Waals surface area contributed by atoms with E-state index in [1.807, 2.05) is 12.3 Å². The van der Waals surface area contributed by atoms with Crippen LogP contribution in [-0.2, 0) is 4.74 Å². The van der Waals surface area contributed by atoms with Gasteiger partial charge in [-0.25, -0.2) is 9.37 Å². The molecule has 0 saturated carbocycles. The van der Waals surface area contributed by atoms with Gasteiger partial charge in [0, 0.05) is 74.1 Å². The van der Waals surface area contributed by atoms with Gasteiger partial charge in [0.05, 0.1) is 18.8 Å². The van der Waals surface area contributed by atoms with Gasteiger partial charge in [0.25, 0.3) is 5.91 Å². The van der Waals surface area contributed by atoms with Crippen molar-refractivity contribution in [3.8, 4) is 5.69 Å². The molecule has 2 aromatic carbocycles. The number of ether oxygens (including phenoxy) is 1. The molecule has 1 amide bonds. The third-order valence-electron chi connectivity index (χ3n) is 7.80. The Labute approximate surface area is 233 Å². The number of piperazine rings is 1. The molecule has 2 fully saturated rings. The molecule has 0 aliphatic carbocycles. The molecule has 2 aliphatic heterocycles. The van der Waals surface area contributed by atoms with Crippen molar-refractivity contribution < 1.29 is 13.9 Å². The summed E-state index contributed by atoms with van der Waals surface area (Å²) in [5.74, 6) is -0.422. The SMILES string of the molecule is CCN1CCN(c2ccc(Nc3ncc4ccn(-c5ccc(C(=O)N6CCOCC6)c(F)c5)c4n3)cc2C)CC1. The van der Waals surface area contributed by atoms with Crippen molar-refractivity contribution in [3.05, 3.63) is 71.8 Å². The topological polar surface area (TPSA) is 78.8 Å². The lowest BCUT2D eigenvalue weighted by atomic mass is 10.1. The monoisotopic (exact) mass is 543 g/mol. The fourth-order valence-corrected chi connectivity index (χ4v) is 5.47. The Kier molecular flexibility index (Phi) is 7.36. The van der Waals surface area contributed by atoms with Crippen molar-refractivity contribution in [1.29, 1.82) is 0 Å². The lowest BCUT2D eigenvalue weighted by molar-refractivity contribution is 0.0300. The van der Waals surface area contributed by atoms with Crippen LogP contribution in [0.5, 0.6) is 0 Å². The first-order valence-corrected chi connectivity index (χ1v) is 13.9. The van der Waals surface area contributed by atoms with Gasteiger partial charge in [-0.2, -0.15) is 4.98 Å². The van der Waals surface area contributed by atoms with Crippen LogP contribution in [0.3, 0.4) is 0 Å². The van der Waals surface area contributed by atoms with Crippen molar-refractivity contribution in [2.75, 3.05) is 69.2 Å². The minimum atomic E-state index is -0.560. The average Bonchev–Trinajstić information content (AvgIpc) is 3.41. The quantitative estimate of drug-likeness (QED) is 0.390. The number of halogens is 1. The zero-order chi connectivity index (χ0) is 27.6. The number of nitrogens with zero attached hydrogens (tertiary/aromatic N) is 6. The highest BCUT2D eigenvalue weighted by atomic mass is 19.1. The molecule has 10 heteroatoms. The van der Waals surface area contributed by atoms with Gasteiger partial charge in [-0.15, -0.1) is 0 Å². The van der Waals surface area contributed by atoms with Gasteiger partial charge < -0.3 is 29.3 Å². The molecule has 6 rings (SSSR count). The number of aromatic nitrogens is 3.